The Kier molecular flexibility index (Phi) is 5.01. The van der Waals surface area contributed by atoms with Crippen LogP contribution in [0, 0.1) is 6.92 Å². The predicted molar refractivity (Wildman–Crippen MR) is 80.2 cm³/mol. The molecule has 0 aliphatic carbocycles. The molecule has 1 aromatic heterocycles. The summed E-state index contributed by atoms with van der Waals surface area (Å²) in [6.07, 6.45) is 5.63. The van der Waals surface area contributed by atoms with Crippen molar-refractivity contribution in [2.45, 2.75) is 39.2 Å². The molecule has 2 rings (SSSR count). The lowest BCUT2D eigenvalue weighted by Gasteiger charge is -2.27. The minimum absolute atomic E-state index is 0.616. The van der Waals surface area contributed by atoms with Crippen LogP contribution in [0.1, 0.15) is 31.7 Å². The highest BCUT2D eigenvalue weighted by Gasteiger charge is 2.20. The lowest BCUT2D eigenvalue weighted by atomic mass is 10.2. The zero-order valence-corrected chi connectivity index (χ0v) is 12.8. The number of nitrogens with zero attached hydrogens (tertiary/aromatic N) is 2. The van der Waals surface area contributed by atoms with Gasteiger partial charge in [-0.25, -0.2) is 4.98 Å². The molecule has 2 heterocycles. The largest absolute Gasteiger partial charge is 0.354 e. The maximum Gasteiger partial charge on any atom is 0.143 e. The van der Waals surface area contributed by atoms with Crippen molar-refractivity contribution in [1.29, 1.82) is 0 Å². The molecule has 1 atom stereocenters. The Labute approximate surface area is 118 Å². The molecule has 1 unspecified atom stereocenters. The third kappa shape index (κ3) is 3.23. The van der Waals surface area contributed by atoms with Crippen molar-refractivity contribution in [3.63, 3.8) is 0 Å². The second-order valence-electron chi connectivity index (χ2n) is 5.00. The third-order valence-corrected chi connectivity index (χ3v) is 4.44. The molecule has 0 saturated carbocycles. The molecule has 100 valence electrons. The van der Waals surface area contributed by atoms with Gasteiger partial charge in [0.2, 0.25) is 0 Å². The van der Waals surface area contributed by atoms with Crippen molar-refractivity contribution < 1.29 is 0 Å². The first-order valence-electron chi connectivity index (χ1n) is 6.81. The highest BCUT2D eigenvalue weighted by molar-refractivity contribution is 9.10. The molecule has 0 spiro atoms. The molecular weight excluding hydrogens is 290 g/mol. The molecule has 0 amide bonds. The fraction of sp³-hybridized carbons (Fsp3) is 0.643. The standard InChI is InChI=1S/C14H22BrN3/c1-3-9-18(10-12-5-4-7-16-12)14-13(15)11(2)6-8-17-14/h6,8,12,16H,3-5,7,9-10H2,1-2H3. The molecule has 3 nitrogen and oxygen atoms in total. The molecule has 1 fully saturated rings. The van der Waals surface area contributed by atoms with Crippen molar-refractivity contribution in [2.75, 3.05) is 24.5 Å². The molecule has 1 N–H and O–H groups in total. The van der Waals surface area contributed by atoms with Crippen molar-refractivity contribution >= 4 is 21.7 Å². The molecule has 1 aromatic rings. The first kappa shape index (κ1) is 13.8. The van der Waals surface area contributed by atoms with Crippen LogP contribution >= 0.6 is 15.9 Å². The van der Waals surface area contributed by atoms with E-state index in [0.717, 1.165) is 36.3 Å². The zero-order valence-electron chi connectivity index (χ0n) is 11.2. The number of pyridine rings is 1. The van der Waals surface area contributed by atoms with Gasteiger partial charge in [-0.05, 0) is 60.3 Å². The average Bonchev–Trinajstić information content (AvgIpc) is 2.85. The average molecular weight is 312 g/mol. The Bertz CT molecular complexity index is 389. The van der Waals surface area contributed by atoms with Crippen LogP contribution in [0.4, 0.5) is 5.82 Å². The molecule has 1 aliphatic rings. The maximum atomic E-state index is 4.55. The maximum absolute atomic E-state index is 4.55. The van der Waals surface area contributed by atoms with E-state index in [1.165, 1.54) is 18.4 Å². The van der Waals surface area contributed by atoms with Gasteiger partial charge in [0, 0.05) is 25.3 Å². The van der Waals surface area contributed by atoms with Gasteiger partial charge in [0.1, 0.15) is 5.82 Å². The fourth-order valence-corrected chi connectivity index (χ4v) is 2.96. The number of halogens is 1. The number of anilines is 1. The third-order valence-electron chi connectivity index (χ3n) is 3.46. The van der Waals surface area contributed by atoms with E-state index in [2.05, 4.69) is 45.0 Å². The van der Waals surface area contributed by atoms with Crippen LogP contribution in [0.2, 0.25) is 0 Å². The summed E-state index contributed by atoms with van der Waals surface area (Å²) in [7, 11) is 0. The quantitative estimate of drug-likeness (QED) is 0.905. The van der Waals surface area contributed by atoms with E-state index < -0.39 is 0 Å². The van der Waals surface area contributed by atoms with Gasteiger partial charge in [0.05, 0.1) is 4.47 Å². The molecule has 1 saturated heterocycles. The summed E-state index contributed by atoms with van der Waals surface area (Å²) in [5.74, 6) is 1.09. The van der Waals surface area contributed by atoms with Gasteiger partial charge in [-0.2, -0.15) is 0 Å². The van der Waals surface area contributed by atoms with Crippen LogP contribution in [0.25, 0.3) is 0 Å². The minimum atomic E-state index is 0.616. The van der Waals surface area contributed by atoms with Crippen molar-refractivity contribution in [3.05, 3.63) is 22.3 Å². The monoisotopic (exact) mass is 311 g/mol. The van der Waals surface area contributed by atoms with E-state index >= 15 is 0 Å². The lowest BCUT2D eigenvalue weighted by molar-refractivity contribution is 0.574. The van der Waals surface area contributed by atoms with Crippen molar-refractivity contribution in [1.82, 2.24) is 10.3 Å². The topological polar surface area (TPSA) is 28.2 Å². The molecule has 18 heavy (non-hydrogen) atoms. The summed E-state index contributed by atoms with van der Waals surface area (Å²) in [5.41, 5.74) is 1.25. The molecule has 0 radical (unpaired) electrons. The van der Waals surface area contributed by atoms with Crippen LogP contribution < -0.4 is 10.2 Å². The van der Waals surface area contributed by atoms with Gasteiger partial charge in [0.15, 0.2) is 0 Å². The second-order valence-corrected chi connectivity index (χ2v) is 5.80. The van der Waals surface area contributed by atoms with E-state index in [-0.39, 0.29) is 0 Å². The van der Waals surface area contributed by atoms with E-state index in [4.69, 9.17) is 0 Å². The molecular formula is C14H22BrN3. The highest BCUT2D eigenvalue weighted by atomic mass is 79.9. The van der Waals surface area contributed by atoms with Gasteiger partial charge in [-0.1, -0.05) is 6.92 Å². The number of nitrogens with one attached hydrogen (secondary N) is 1. The molecule has 1 aliphatic heterocycles. The van der Waals surface area contributed by atoms with Gasteiger partial charge in [-0.3, -0.25) is 0 Å². The van der Waals surface area contributed by atoms with E-state index in [1.807, 2.05) is 12.3 Å². The van der Waals surface area contributed by atoms with Crippen LogP contribution in [-0.4, -0.2) is 30.7 Å². The van der Waals surface area contributed by atoms with Crippen LogP contribution in [0.3, 0.4) is 0 Å². The number of aromatic nitrogens is 1. The molecule has 0 aromatic carbocycles. The number of hydrogen-bond acceptors (Lipinski definition) is 3. The zero-order chi connectivity index (χ0) is 13.0. The van der Waals surface area contributed by atoms with E-state index in [0.29, 0.717) is 6.04 Å². The summed E-state index contributed by atoms with van der Waals surface area (Å²) in [6, 6.07) is 2.66. The number of aryl methyl sites for hydroxylation is 1. The Hall–Kier alpha value is -0.610. The first-order chi connectivity index (χ1) is 8.72. The smallest absolute Gasteiger partial charge is 0.143 e. The fourth-order valence-electron chi connectivity index (χ4n) is 2.48. The Balaban J connectivity index is 2.14. The van der Waals surface area contributed by atoms with Crippen LogP contribution in [-0.2, 0) is 0 Å². The normalized spacial score (nSPS) is 19.2. The van der Waals surface area contributed by atoms with Crippen molar-refractivity contribution in [3.8, 4) is 0 Å². The highest BCUT2D eigenvalue weighted by Crippen LogP contribution is 2.27. The summed E-state index contributed by atoms with van der Waals surface area (Å²) in [6.45, 7) is 7.62. The lowest BCUT2D eigenvalue weighted by Crippen LogP contribution is -2.38. The Morgan fingerprint density at radius 3 is 3.06 bits per heavy atom. The Morgan fingerprint density at radius 2 is 2.39 bits per heavy atom. The second kappa shape index (κ2) is 6.53. The molecule has 4 heteroatoms. The Morgan fingerprint density at radius 1 is 1.56 bits per heavy atom. The molecule has 0 bridgehead atoms. The van der Waals surface area contributed by atoms with Crippen LogP contribution in [0.15, 0.2) is 16.7 Å². The predicted octanol–water partition coefficient (Wildman–Crippen LogP) is 3.12. The summed E-state index contributed by atoms with van der Waals surface area (Å²) in [5, 5.41) is 3.56. The van der Waals surface area contributed by atoms with E-state index in [1.54, 1.807) is 0 Å². The number of hydrogen-bond donors (Lipinski definition) is 1. The minimum Gasteiger partial charge on any atom is -0.354 e. The van der Waals surface area contributed by atoms with Crippen molar-refractivity contribution in [2.24, 2.45) is 0 Å². The van der Waals surface area contributed by atoms with Crippen LogP contribution in [0.5, 0.6) is 0 Å². The van der Waals surface area contributed by atoms with Gasteiger partial charge in [0.25, 0.3) is 0 Å². The SMILES string of the molecule is CCCN(CC1CCCN1)c1nccc(C)c1Br. The van der Waals surface area contributed by atoms with Gasteiger partial charge >= 0.3 is 0 Å². The summed E-state index contributed by atoms with van der Waals surface area (Å²) >= 11 is 3.68. The first-order valence-corrected chi connectivity index (χ1v) is 7.61. The van der Waals surface area contributed by atoms with E-state index in [9.17, 15) is 0 Å². The summed E-state index contributed by atoms with van der Waals surface area (Å²) in [4.78, 5) is 6.95. The van der Waals surface area contributed by atoms with Gasteiger partial charge in [-0.15, -0.1) is 0 Å². The summed E-state index contributed by atoms with van der Waals surface area (Å²) < 4.78 is 1.14. The van der Waals surface area contributed by atoms with Gasteiger partial charge < -0.3 is 10.2 Å². The number of rotatable bonds is 5.